The van der Waals surface area contributed by atoms with Crippen molar-refractivity contribution in [3.8, 4) is 5.75 Å². The first-order valence-corrected chi connectivity index (χ1v) is 7.19. The number of rotatable bonds is 4. The van der Waals surface area contributed by atoms with Gasteiger partial charge in [0.2, 0.25) is 0 Å². The van der Waals surface area contributed by atoms with E-state index in [-0.39, 0.29) is 11.1 Å². The van der Waals surface area contributed by atoms with Crippen LogP contribution in [0, 0.1) is 6.92 Å². The fourth-order valence-electron chi connectivity index (χ4n) is 2.02. The van der Waals surface area contributed by atoms with Crippen LogP contribution in [0.15, 0.2) is 42.5 Å². The van der Waals surface area contributed by atoms with Gasteiger partial charge < -0.3 is 10.0 Å². The Kier molecular flexibility index (Phi) is 4.79. The van der Waals surface area contributed by atoms with Gasteiger partial charge in [-0.15, -0.1) is 11.6 Å². The van der Waals surface area contributed by atoms with Crippen molar-refractivity contribution in [1.29, 1.82) is 0 Å². The molecular weight excluding hydrogens is 293 g/mol. The molecule has 2 aromatic carbocycles. The Bertz CT molecular complexity index is 584. The highest BCUT2D eigenvalue weighted by Gasteiger charge is 2.12. The lowest BCUT2D eigenvalue weighted by Crippen LogP contribution is -2.21. The molecule has 0 saturated carbocycles. The van der Waals surface area contributed by atoms with E-state index in [9.17, 15) is 5.11 Å². The molecule has 1 atom stereocenters. The second kappa shape index (κ2) is 6.38. The molecule has 2 aromatic rings. The fourth-order valence-corrected chi connectivity index (χ4v) is 2.48. The van der Waals surface area contributed by atoms with Gasteiger partial charge in [-0.25, -0.2) is 0 Å². The Morgan fingerprint density at radius 2 is 1.80 bits per heavy atom. The molecule has 0 fully saturated rings. The average Bonchev–Trinajstić information content (AvgIpc) is 2.42. The Balaban J connectivity index is 2.08. The normalized spacial score (nSPS) is 12.2. The topological polar surface area (TPSA) is 23.5 Å². The molecule has 0 saturated heterocycles. The first kappa shape index (κ1) is 15.0. The van der Waals surface area contributed by atoms with Crippen molar-refractivity contribution in [2.75, 3.05) is 18.5 Å². The molecule has 106 valence electrons. The smallest absolute Gasteiger partial charge is 0.115 e. The summed E-state index contributed by atoms with van der Waals surface area (Å²) < 4.78 is 0. The molecule has 0 amide bonds. The van der Waals surface area contributed by atoms with Crippen LogP contribution in [0.25, 0.3) is 0 Å². The number of likely N-dealkylation sites (N-methyl/N-ethyl adjacent to an activating group) is 1. The van der Waals surface area contributed by atoms with Crippen LogP contribution in [0.3, 0.4) is 0 Å². The Morgan fingerprint density at radius 1 is 1.15 bits per heavy atom. The van der Waals surface area contributed by atoms with Gasteiger partial charge in [-0.3, -0.25) is 0 Å². The molecule has 0 aliphatic heterocycles. The van der Waals surface area contributed by atoms with Crippen molar-refractivity contribution in [1.82, 2.24) is 0 Å². The maximum Gasteiger partial charge on any atom is 0.115 e. The third kappa shape index (κ3) is 3.59. The van der Waals surface area contributed by atoms with Gasteiger partial charge in [0.25, 0.3) is 0 Å². The minimum Gasteiger partial charge on any atom is -0.508 e. The van der Waals surface area contributed by atoms with E-state index in [0.717, 1.165) is 21.8 Å². The molecule has 0 bridgehead atoms. The number of aryl methyl sites for hydroxylation is 1. The zero-order chi connectivity index (χ0) is 14.7. The van der Waals surface area contributed by atoms with Gasteiger partial charge in [-0.1, -0.05) is 23.7 Å². The maximum absolute atomic E-state index is 9.30. The number of anilines is 1. The maximum atomic E-state index is 9.30. The summed E-state index contributed by atoms with van der Waals surface area (Å²) in [6, 6.07) is 12.9. The Morgan fingerprint density at radius 3 is 2.40 bits per heavy atom. The summed E-state index contributed by atoms with van der Waals surface area (Å²) in [5, 5.41) is 9.93. The molecule has 0 aromatic heterocycles. The molecule has 2 nitrogen and oxygen atoms in total. The molecule has 1 unspecified atom stereocenters. The van der Waals surface area contributed by atoms with Crippen LogP contribution in [0.1, 0.15) is 16.5 Å². The number of alkyl halides is 1. The quantitative estimate of drug-likeness (QED) is 0.822. The molecule has 2 rings (SSSR count). The Labute approximate surface area is 129 Å². The molecule has 0 aliphatic rings. The highest BCUT2D eigenvalue weighted by Crippen LogP contribution is 2.27. The van der Waals surface area contributed by atoms with E-state index < -0.39 is 0 Å². The van der Waals surface area contributed by atoms with E-state index in [4.69, 9.17) is 23.2 Å². The standard InChI is InChI=1S/C16H17Cl2NO/c1-11-9-12(3-8-15(11)17)16(18)10-19(2)13-4-6-14(20)7-5-13/h3-9,16,20H,10H2,1-2H3. The van der Waals surface area contributed by atoms with Crippen LogP contribution < -0.4 is 4.90 Å². The lowest BCUT2D eigenvalue weighted by molar-refractivity contribution is 0.475. The SMILES string of the molecule is Cc1cc(C(Cl)CN(C)c2ccc(O)cc2)ccc1Cl. The predicted octanol–water partition coefficient (Wildman–Crippen LogP) is 4.77. The number of phenols is 1. The summed E-state index contributed by atoms with van der Waals surface area (Å²) in [7, 11) is 1.98. The minimum atomic E-state index is -0.121. The zero-order valence-electron chi connectivity index (χ0n) is 11.5. The van der Waals surface area contributed by atoms with Crippen LogP contribution in [0.2, 0.25) is 5.02 Å². The third-order valence-electron chi connectivity index (χ3n) is 3.27. The molecular formula is C16H17Cl2NO. The zero-order valence-corrected chi connectivity index (χ0v) is 13.0. The number of benzene rings is 2. The average molecular weight is 310 g/mol. The van der Waals surface area contributed by atoms with Crippen molar-refractivity contribution in [3.63, 3.8) is 0 Å². The highest BCUT2D eigenvalue weighted by atomic mass is 35.5. The van der Waals surface area contributed by atoms with Gasteiger partial charge in [-0.05, 0) is 48.4 Å². The van der Waals surface area contributed by atoms with E-state index in [0.29, 0.717) is 6.54 Å². The molecule has 0 heterocycles. The van der Waals surface area contributed by atoms with E-state index in [1.807, 2.05) is 44.3 Å². The second-order valence-electron chi connectivity index (χ2n) is 4.87. The van der Waals surface area contributed by atoms with Crippen LogP contribution in [-0.4, -0.2) is 18.7 Å². The number of hydrogen-bond donors (Lipinski definition) is 1. The van der Waals surface area contributed by atoms with Crippen LogP contribution in [-0.2, 0) is 0 Å². The lowest BCUT2D eigenvalue weighted by Gasteiger charge is -2.23. The number of halogens is 2. The van der Waals surface area contributed by atoms with E-state index in [1.165, 1.54) is 0 Å². The van der Waals surface area contributed by atoms with Gasteiger partial charge in [0, 0.05) is 24.3 Å². The fraction of sp³-hybridized carbons (Fsp3) is 0.250. The minimum absolute atomic E-state index is 0.121. The van der Waals surface area contributed by atoms with Crippen molar-refractivity contribution in [2.24, 2.45) is 0 Å². The first-order valence-electron chi connectivity index (χ1n) is 6.37. The molecule has 0 radical (unpaired) electrons. The lowest BCUT2D eigenvalue weighted by atomic mass is 10.1. The van der Waals surface area contributed by atoms with Crippen molar-refractivity contribution in [3.05, 3.63) is 58.6 Å². The van der Waals surface area contributed by atoms with Gasteiger partial charge in [0.1, 0.15) is 5.75 Å². The van der Waals surface area contributed by atoms with Crippen molar-refractivity contribution >= 4 is 28.9 Å². The summed E-state index contributed by atoms with van der Waals surface area (Å²) >= 11 is 12.5. The van der Waals surface area contributed by atoms with E-state index in [2.05, 4.69) is 4.90 Å². The highest BCUT2D eigenvalue weighted by molar-refractivity contribution is 6.31. The molecule has 4 heteroatoms. The number of hydrogen-bond acceptors (Lipinski definition) is 2. The first-order chi connectivity index (χ1) is 9.47. The monoisotopic (exact) mass is 309 g/mol. The summed E-state index contributed by atoms with van der Waals surface area (Å²) in [6.07, 6.45) is 0. The number of phenolic OH excluding ortho intramolecular Hbond substituents is 1. The molecule has 0 aliphatic carbocycles. The predicted molar refractivity (Wildman–Crippen MR) is 86.2 cm³/mol. The van der Waals surface area contributed by atoms with Crippen molar-refractivity contribution in [2.45, 2.75) is 12.3 Å². The summed E-state index contributed by atoms with van der Waals surface area (Å²) in [5.74, 6) is 0.262. The summed E-state index contributed by atoms with van der Waals surface area (Å²) in [6.45, 7) is 2.65. The van der Waals surface area contributed by atoms with Gasteiger partial charge >= 0.3 is 0 Å². The van der Waals surface area contributed by atoms with Crippen LogP contribution in [0.4, 0.5) is 5.69 Å². The molecule has 0 spiro atoms. The van der Waals surface area contributed by atoms with E-state index in [1.54, 1.807) is 12.1 Å². The van der Waals surface area contributed by atoms with Gasteiger partial charge in [0.15, 0.2) is 0 Å². The second-order valence-corrected chi connectivity index (χ2v) is 5.81. The van der Waals surface area contributed by atoms with E-state index >= 15 is 0 Å². The Hall–Kier alpha value is -1.38. The third-order valence-corrected chi connectivity index (χ3v) is 4.08. The molecule has 20 heavy (non-hydrogen) atoms. The van der Waals surface area contributed by atoms with Crippen LogP contribution in [0.5, 0.6) is 5.75 Å². The van der Waals surface area contributed by atoms with Crippen molar-refractivity contribution < 1.29 is 5.11 Å². The largest absolute Gasteiger partial charge is 0.508 e. The molecule has 1 N–H and O–H groups in total. The van der Waals surface area contributed by atoms with Gasteiger partial charge in [0.05, 0.1) is 5.38 Å². The summed E-state index contributed by atoms with van der Waals surface area (Å²) in [4.78, 5) is 2.06. The van der Waals surface area contributed by atoms with Crippen LogP contribution >= 0.6 is 23.2 Å². The number of aromatic hydroxyl groups is 1. The number of nitrogens with zero attached hydrogens (tertiary/aromatic N) is 1. The van der Waals surface area contributed by atoms with Gasteiger partial charge in [-0.2, -0.15) is 0 Å². The summed E-state index contributed by atoms with van der Waals surface area (Å²) in [5.41, 5.74) is 3.10.